The van der Waals surface area contributed by atoms with E-state index in [0.717, 1.165) is 32.1 Å². The molecule has 31 heavy (non-hydrogen) atoms. The Morgan fingerprint density at radius 2 is 1.00 bits per heavy atom. The van der Waals surface area contributed by atoms with Crippen molar-refractivity contribution < 1.29 is 19.1 Å². The SMILES string of the molecule is CCCCCCCCOC(=O)C1C2CC(C(C)=C2C)C1C(=O)OCCCCCCCC. The Morgan fingerprint density at radius 3 is 1.39 bits per heavy atom. The van der Waals surface area contributed by atoms with Crippen molar-refractivity contribution in [1.29, 1.82) is 0 Å². The summed E-state index contributed by atoms with van der Waals surface area (Å²) in [5.41, 5.74) is 2.57. The van der Waals surface area contributed by atoms with Gasteiger partial charge in [-0.1, -0.05) is 89.2 Å². The van der Waals surface area contributed by atoms with E-state index in [1.807, 2.05) is 0 Å². The first-order valence-electron chi connectivity index (χ1n) is 13.0. The second-order valence-electron chi connectivity index (χ2n) is 9.74. The lowest BCUT2D eigenvalue weighted by Gasteiger charge is -2.29. The van der Waals surface area contributed by atoms with Crippen LogP contribution in [0.3, 0.4) is 0 Å². The zero-order valence-corrected chi connectivity index (χ0v) is 20.5. The Hall–Kier alpha value is -1.32. The lowest BCUT2D eigenvalue weighted by molar-refractivity contribution is -0.162. The van der Waals surface area contributed by atoms with Gasteiger partial charge in [-0.25, -0.2) is 0 Å². The van der Waals surface area contributed by atoms with Crippen LogP contribution in [0.15, 0.2) is 11.1 Å². The van der Waals surface area contributed by atoms with Crippen LogP contribution in [-0.2, 0) is 19.1 Å². The average molecular weight is 435 g/mol. The van der Waals surface area contributed by atoms with E-state index in [0.29, 0.717) is 13.2 Å². The molecule has 0 aromatic carbocycles. The predicted molar refractivity (Wildman–Crippen MR) is 126 cm³/mol. The number of allylic oxidation sites excluding steroid dienone is 2. The molecular formula is C27H46O4. The monoisotopic (exact) mass is 434 g/mol. The van der Waals surface area contributed by atoms with Crippen molar-refractivity contribution in [2.24, 2.45) is 23.7 Å². The number of unbranched alkanes of at least 4 members (excludes halogenated alkanes) is 10. The minimum absolute atomic E-state index is 0.147. The van der Waals surface area contributed by atoms with Crippen molar-refractivity contribution in [2.75, 3.05) is 13.2 Å². The fourth-order valence-electron chi connectivity index (χ4n) is 5.47. The van der Waals surface area contributed by atoms with Crippen LogP contribution in [-0.4, -0.2) is 25.2 Å². The minimum Gasteiger partial charge on any atom is -0.465 e. The summed E-state index contributed by atoms with van der Waals surface area (Å²) in [5, 5.41) is 0. The summed E-state index contributed by atoms with van der Waals surface area (Å²) in [6, 6.07) is 0. The molecule has 1 fully saturated rings. The second-order valence-corrected chi connectivity index (χ2v) is 9.74. The molecule has 4 unspecified atom stereocenters. The Balaban J connectivity index is 1.81. The van der Waals surface area contributed by atoms with E-state index >= 15 is 0 Å². The lowest BCUT2D eigenvalue weighted by atomic mass is 9.76. The van der Waals surface area contributed by atoms with Gasteiger partial charge >= 0.3 is 11.9 Å². The summed E-state index contributed by atoms with van der Waals surface area (Å²) >= 11 is 0. The number of carbonyl (C=O) groups is 2. The molecule has 2 rings (SSSR count). The van der Waals surface area contributed by atoms with Crippen LogP contribution in [0, 0.1) is 23.7 Å². The first-order chi connectivity index (χ1) is 15.0. The van der Waals surface area contributed by atoms with Gasteiger partial charge < -0.3 is 9.47 Å². The number of ether oxygens (including phenoxy) is 2. The summed E-state index contributed by atoms with van der Waals surface area (Å²) in [7, 11) is 0. The molecule has 0 amide bonds. The molecule has 0 N–H and O–H groups in total. The van der Waals surface area contributed by atoms with Gasteiger partial charge in [0, 0.05) is 0 Å². The first kappa shape index (κ1) is 25.9. The maximum Gasteiger partial charge on any atom is 0.310 e. The highest BCUT2D eigenvalue weighted by molar-refractivity contribution is 5.85. The molecule has 4 nitrogen and oxygen atoms in total. The molecular weight excluding hydrogens is 388 g/mol. The smallest absolute Gasteiger partial charge is 0.310 e. The molecule has 0 aromatic heterocycles. The van der Waals surface area contributed by atoms with E-state index in [1.54, 1.807) is 0 Å². The number of rotatable bonds is 16. The molecule has 4 atom stereocenters. The highest BCUT2D eigenvalue weighted by Gasteiger charge is 2.56. The topological polar surface area (TPSA) is 52.6 Å². The number of fused-ring (bicyclic) bond motifs is 2. The zero-order valence-electron chi connectivity index (χ0n) is 20.5. The highest BCUT2D eigenvalue weighted by Crippen LogP contribution is 2.55. The molecule has 0 aromatic rings. The van der Waals surface area contributed by atoms with Gasteiger partial charge in [-0.2, -0.15) is 0 Å². The van der Waals surface area contributed by atoms with E-state index in [4.69, 9.17) is 9.47 Å². The summed E-state index contributed by atoms with van der Waals surface area (Å²) in [5.74, 6) is -0.789. The molecule has 2 bridgehead atoms. The third kappa shape index (κ3) is 7.36. The molecule has 178 valence electrons. The Bertz CT molecular complexity index is 544. The third-order valence-corrected chi connectivity index (χ3v) is 7.52. The third-order valence-electron chi connectivity index (χ3n) is 7.52. The molecule has 4 heteroatoms. The molecule has 0 spiro atoms. The van der Waals surface area contributed by atoms with E-state index in [1.165, 1.54) is 62.5 Å². The fraction of sp³-hybridized carbons (Fsp3) is 0.852. The van der Waals surface area contributed by atoms with Crippen LogP contribution in [0.4, 0.5) is 0 Å². The van der Waals surface area contributed by atoms with E-state index < -0.39 is 0 Å². The average Bonchev–Trinajstić information content (AvgIpc) is 3.29. The number of hydrogen-bond donors (Lipinski definition) is 0. The van der Waals surface area contributed by atoms with Crippen molar-refractivity contribution in [2.45, 2.75) is 111 Å². The van der Waals surface area contributed by atoms with Gasteiger partial charge in [0.1, 0.15) is 0 Å². The fourth-order valence-corrected chi connectivity index (χ4v) is 5.47. The maximum absolute atomic E-state index is 13.0. The molecule has 2 aliphatic carbocycles. The summed E-state index contributed by atoms with van der Waals surface area (Å²) in [4.78, 5) is 25.9. The molecule has 1 saturated carbocycles. The molecule has 0 heterocycles. The Morgan fingerprint density at radius 1 is 0.645 bits per heavy atom. The van der Waals surface area contributed by atoms with Crippen molar-refractivity contribution in [3.8, 4) is 0 Å². The second kappa shape index (κ2) is 14.0. The molecule has 0 aliphatic heterocycles. The predicted octanol–water partition coefficient (Wildman–Crippen LogP) is 7.01. The Labute approximate surface area is 190 Å². The maximum atomic E-state index is 13.0. The van der Waals surface area contributed by atoms with Crippen molar-refractivity contribution in [3.05, 3.63) is 11.1 Å². The largest absolute Gasteiger partial charge is 0.465 e. The van der Waals surface area contributed by atoms with Crippen LogP contribution in [0.25, 0.3) is 0 Å². The van der Waals surface area contributed by atoms with E-state index in [-0.39, 0.29) is 35.6 Å². The van der Waals surface area contributed by atoms with Crippen LogP contribution in [0.1, 0.15) is 111 Å². The van der Waals surface area contributed by atoms with E-state index in [2.05, 4.69) is 27.7 Å². The van der Waals surface area contributed by atoms with Gasteiger partial charge in [-0.05, 0) is 44.9 Å². The number of hydrogen-bond acceptors (Lipinski definition) is 4. The quantitative estimate of drug-likeness (QED) is 0.149. The molecule has 0 radical (unpaired) electrons. The zero-order chi connectivity index (χ0) is 22.6. The highest BCUT2D eigenvalue weighted by atomic mass is 16.5. The normalized spacial score (nSPS) is 24.6. The Kier molecular flexibility index (Phi) is 11.7. The summed E-state index contributed by atoms with van der Waals surface area (Å²) < 4.78 is 11.3. The van der Waals surface area contributed by atoms with Crippen molar-refractivity contribution >= 4 is 11.9 Å². The first-order valence-corrected chi connectivity index (χ1v) is 13.0. The molecule has 0 saturated heterocycles. The van der Waals surface area contributed by atoms with Gasteiger partial charge in [-0.3, -0.25) is 9.59 Å². The van der Waals surface area contributed by atoms with Crippen molar-refractivity contribution in [3.63, 3.8) is 0 Å². The van der Waals surface area contributed by atoms with Crippen LogP contribution < -0.4 is 0 Å². The van der Waals surface area contributed by atoms with Gasteiger partial charge in [-0.15, -0.1) is 0 Å². The van der Waals surface area contributed by atoms with Crippen LogP contribution in [0.5, 0.6) is 0 Å². The van der Waals surface area contributed by atoms with Gasteiger partial charge in [0.2, 0.25) is 0 Å². The van der Waals surface area contributed by atoms with Crippen molar-refractivity contribution in [1.82, 2.24) is 0 Å². The van der Waals surface area contributed by atoms with Crippen LogP contribution >= 0.6 is 0 Å². The van der Waals surface area contributed by atoms with Gasteiger partial charge in [0.15, 0.2) is 0 Å². The number of esters is 2. The lowest BCUT2D eigenvalue weighted by Crippen LogP contribution is -2.37. The van der Waals surface area contributed by atoms with Gasteiger partial charge in [0.25, 0.3) is 0 Å². The van der Waals surface area contributed by atoms with E-state index in [9.17, 15) is 9.59 Å². The number of carbonyl (C=O) groups excluding carboxylic acids is 2. The summed E-state index contributed by atoms with van der Waals surface area (Å²) in [6.45, 7) is 9.60. The van der Waals surface area contributed by atoms with Gasteiger partial charge in [0.05, 0.1) is 25.0 Å². The minimum atomic E-state index is -0.356. The standard InChI is InChI=1S/C27H46O4/c1-5-7-9-11-13-15-17-30-26(28)24-22-19-23(21(4)20(22)3)25(24)27(29)31-18-16-14-12-10-8-6-2/h22-25H,5-19H2,1-4H3. The molecule has 2 aliphatic rings. The summed E-state index contributed by atoms with van der Waals surface area (Å²) in [6.07, 6.45) is 14.9. The van der Waals surface area contributed by atoms with Crippen LogP contribution in [0.2, 0.25) is 0 Å².